The molecule has 2 aromatic carbocycles. The van der Waals surface area contributed by atoms with E-state index in [9.17, 15) is 4.79 Å². The lowest BCUT2D eigenvalue weighted by Crippen LogP contribution is -1.99. The van der Waals surface area contributed by atoms with Gasteiger partial charge in [-0.2, -0.15) is 0 Å². The summed E-state index contributed by atoms with van der Waals surface area (Å²) in [6, 6.07) is 13.3. The van der Waals surface area contributed by atoms with Crippen molar-refractivity contribution in [1.82, 2.24) is 0 Å². The van der Waals surface area contributed by atoms with E-state index in [4.69, 9.17) is 17.3 Å². The highest BCUT2D eigenvalue weighted by atomic mass is 35.5. The molecule has 0 saturated carbocycles. The predicted octanol–water partition coefficient (Wildman–Crippen LogP) is 4.42. The van der Waals surface area contributed by atoms with Gasteiger partial charge in [0.15, 0.2) is 5.78 Å². The number of rotatable bonds is 4. The van der Waals surface area contributed by atoms with Crippen LogP contribution in [-0.2, 0) is 5.75 Å². The number of hydrogen-bond donors (Lipinski definition) is 1. The third-order valence-electron chi connectivity index (χ3n) is 2.76. The van der Waals surface area contributed by atoms with Crippen molar-refractivity contribution in [2.45, 2.75) is 17.6 Å². The zero-order valence-corrected chi connectivity index (χ0v) is 12.1. The number of nitrogen functional groups attached to an aromatic ring is 1. The summed E-state index contributed by atoms with van der Waals surface area (Å²) < 4.78 is 0. The number of anilines is 1. The van der Waals surface area contributed by atoms with E-state index in [1.165, 1.54) is 6.92 Å². The van der Waals surface area contributed by atoms with E-state index in [-0.39, 0.29) is 5.78 Å². The Balaban J connectivity index is 2.14. The van der Waals surface area contributed by atoms with Crippen molar-refractivity contribution in [2.24, 2.45) is 0 Å². The van der Waals surface area contributed by atoms with Gasteiger partial charge in [-0.1, -0.05) is 29.8 Å². The predicted molar refractivity (Wildman–Crippen MR) is 81.9 cm³/mol. The fourth-order valence-corrected chi connectivity index (χ4v) is 2.93. The minimum Gasteiger partial charge on any atom is -0.398 e. The van der Waals surface area contributed by atoms with E-state index < -0.39 is 0 Å². The molecule has 2 nitrogen and oxygen atoms in total. The zero-order chi connectivity index (χ0) is 13.8. The molecule has 0 aliphatic rings. The molecule has 19 heavy (non-hydrogen) atoms. The maximum absolute atomic E-state index is 11.4. The average Bonchev–Trinajstić information content (AvgIpc) is 2.39. The third kappa shape index (κ3) is 3.52. The monoisotopic (exact) mass is 291 g/mol. The van der Waals surface area contributed by atoms with Crippen molar-refractivity contribution in [2.75, 3.05) is 5.73 Å². The summed E-state index contributed by atoms with van der Waals surface area (Å²) in [4.78, 5) is 12.4. The lowest BCUT2D eigenvalue weighted by atomic mass is 10.1. The van der Waals surface area contributed by atoms with E-state index in [0.29, 0.717) is 11.3 Å². The normalized spacial score (nSPS) is 10.4. The van der Waals surface area contributed by atoms with Crippen molar-refractivity contribution in [3.63, 3.8) is 0 Å². The number of benzene rings is 2. The van der Waals surface area contributed by atoms with E-state index >= 15 is 0 Å². The first-order valence-electron chi connectivity index (χ1n) is 5.84. The van der Waals surface area contributed by atoms with Gasteiger partial charge in [0.05, 0.1) is 0 Å². The van der Waals surface area contributed by atoms with E-state index in [1.54, 1.807) is 17.8 Å². The number of thioether (sulfide) groups is 1. The molecule has 0 bridgehead atoms. The van der Waals surface area contributed by atoms with Gasteiger partial charge in [0.2, 0.25) is 0 Å². The third-order valence-corrected chi connectivity index (χ3v) is 4.17. The van der Waals surface area contributed by atoms with E-state index in [0.717, 1.165) is 21.2 Å². The molecule has 0 aliphatic heterocycles. The van der Waals surface area contributed by atoms with Crippen LogP contribution in [0.5, 0.6) is 0 Å². The fraction of sp³-hybridized carbons (Fsp3) is 0.133. The quantitative estimate of drug-likeness (QED) is 0.515. The fourth-order valence-electron chi connectivity index (χ4n) is 1.71. The first-order valence-corrected chi connectivity index (χ1v) is 7.21. The number of halogens is 1. The number of nitrogens with two attached hydrogens (primary N) is 1. The highest BCUT2D eigenvalue weighted by Crippen LogP contribution is 2.28. The largest absolute Gasteiger partial charge is 0.398 e. The van der Waals surface area contributed by atoms with Gasteiger partial charge in [-0.15, -0.1) is 11.8 Å². The summed E-state index contributed by atoms with van der Waals surface area (Å²) in [5, 5.41) is 0.761. The van der Waals surface area contributed by atoms with Crippen molar-refractivity contribution in [1.29, 1.82) is 0 Å². The van der Waals surface area contributed by atoms with Crippen molar-refractivity contribution >= 4 is 34.8 Å². The van der Waals surface area contributed by atoms with E-state index in [1.807, 2.05) is 36.4 Å². The summed E-state index contributed by atoms with van der Waals surface area (Å²) in [5.74, 6) is 0.749. The van der Waals surface area contributed by atoms with Crippen LogP contribution in [0.15, 0.2) is 47.4 Å². The van der Waals surface area contributed by atoms with Gasteiger partial charge in [-0.25, -0.2) is 0 Å². The van der Waals surface area contributed by atoms with Crippen LogP contribution in [0.25, 0.3) is 0 Å². The smallest absolute Gasteiger partial charge is 0.161 e. The van der Waals surface area contributed by atoms with Crippen LogP contribution >= 0.6 is 23.4 Å². The summed E-state index contributed by atoms with van der Waals surface area (Å²) in [7, 11) is 0. The summed E-state index contributed by atoms with van der Waals surface area (Å²) in [5.41, 5.74) is 7.95. The Kier molecular flexibility index (Phi) is 4.51. The lowest BCUT2D eigenvalue weighted by molar-refractivity contribution is 0.101. The first kappa shape index (κ1) is 14.0. The SMILES string of the molecule is CC(=O)c1cc(SCc2ccccc2Cl)ccc1N. The minimum absolute atomic E-state index is 0.0160. The van der Waals surface area contributed by atoms with Gasteiger partial charge < -0.3 is 5.73 Å². The Morgan fingerprint density at radius 2 is 2.00 bits per heavy atom. The molecule has 0 amide bonds. The van der Waals surface area contributed by atoms with Gasteiger partial charge in [-0.3, -0.25) is 4.79 Å². The molecule has 98 valence electrons. The van der Waals surface area contributed by atoms with Crippen LogP contribution in [0.1, 0.15) is 22.8 Å². The topological polar surface area (TPSA) is 43.1 Å². The Morgan fingerprint density at radius 3 is 2.68 bits per heavy atom. The summed E-state index contributed by atoms with van der Waals surface area (Å²) in [6.07, 6.45) is 0. The molecule has 0 radical (unpaired) electrons. The molecule has 2 N–H and O–H groups in total. The average molecular weight is 292 g/mol. The number of ketones is 1. The Morgan fingerprint density at radius 1 is 1.26 bits per heavy atom. The van der Waals surface area contributed by atoms with Crippen molar-refractivity contribution < 1.29 is 4.79 Å². The maximum Gasteiger partial charge on any atom is 0.161 e. The van der Waals surface area contributed by atoms with Gasteiger partial charge in [-0.05, 0) is 36.8 Å². The molecule has 0 unspecified atom stereocenters. The molecule has 2 rings (SSSR count). The van der Waals surface area contributed by atoms with Gasteiger partial charge in [0.1, 0.15) is 0 Å². The van der Waals surface area contributed by atoms with Crippen LogP contribution in [0, 0.1) is 0 Å². The van der Waals surface area contributed by atoms with Crippen LogP contribution < -0.4 is 5.73 Å². The number of carbonyl (C=O) groups excluding carboxylic acids is 1. The maximum atomic E-state index is 11.4. The molecule has 0 fully saturated rings. The molecule has 0 heterocycles. The molecular weight excluding hydrogens is 278 g/mol. The summed E-state index contributed by atoms with van der Waals surface area (Å²) in [6.45, 7) is 1.52. The van der Waals surface area contributed by atoms with Crippen molar-refractivity contribution in [3.05, 3.63) is 58.6 Å². The van der Waals surface area contributed by atoms with Crippen LogP contribution in [0.4, 0.5) is 5.69 Å². The molecule has 0 saturated heterocycles. The van der Waals surface area contributed by atoms with Crippen LogP contribution in [0.2, 0.25) is 5.02 Å². The molecule has 0 aromatic heterocycles. The molecular formula is C15H14ClNOS. The van der Waals surface area contributed by atoms with E-state index in [2.05, 4.69) is 0 Å². The number of Topliss-reactive ketones (excluding diaryl/α,β-unsaturated/α-hetero) is 1. The highest BCUT2D eigenvalue weighted by Gasteiger charge is 2.07. The molecule has 4 heteroatoms. The Labute approximate surface area is 122 Å². The van der Waals surface area contributed by atoms with Gasteiger partial charge in [0.25, 0.3) is 0 Å². The molecule has 0 aliphatic carbocycles. The highest BCUT2D eigenvalue weighted by molar-refractivity contribution is 7.98. The minimum atomic E-state index is -0.0160. The van der Waals surface area contributed by atoms with Crippen molar-refractivity contribution in [3.8, 4) is 0 Å². The molecule has 0 spiro atoms. The number of carbonyl (C=O) groups is 1. The second kappa shape index (κ2) is 6.13. The zero-order valence-electron chi connectivity index (χ0n) is 10.5. The Hall–Kier alpha value is -1.45. The first-order chi connectivity index (χ1) is 9.08. The standard InChI is InChI=1S/C15H14ClNOS/c1-10(18)13-8-12(6-7-15(13)17)19-9-11-4-2-3-5-14(11)16/h2-8H,9,17H2,1H3. The molecule has 2 aromatic rings. The Bertz CT molecular complexity index is 613. The van der Waals surface area contributed by atoms with Crippen LogP contribution in [-0.4, -0.2) is 5.78 Å². The lowest BCUT2D eigenvalue weighted by Gasteiger charge is -2.07. The van der Waals surface area contributed by atoms with Gasteiger partial charge >= 0.3 is 0 Å². The second-order valence-electron chi connectivity index (χ2n) is 4.19. The second-order valence-corrected chi connectivity index (χ2v) is 5.64. The van der Waals surface area contributed by atoms with Gasteiger partial charge in [0, 0.05) is 26.9 Å². The summed E-state index contributed by atoms with van der Waals surface area (Å²) >= 11 is 7.75. The number of hydrogen-bond acceptors (Lipinski definition) is 3. The van der Waals surface area contributed by atoms with Crippen LogP contribution in [0.3, 0.4) is 0 Å². The molecule has 0 atom stereocenters.